The molecule has 7 heteroatoms. The molecule has 3 aliphatic rings. The zero-order valence-electron chi connectivity index (χ0n) is 15.4. The van der Waals surface area contributed by atoms with Crippen LogP contribution < -0.4 is 5.32 Å². The van der Waals surface area contributed by atoms with Gasteiger partial charge in [0.25, 0.3) is 0 Å². The highest BCUT2D eigenvalue weighted by Crippen LogP contribution is 2.44. The second kappa shape index (κ2) is 7.36. The van der Waals surface area contributed by atoms with E-state index in [9.17, 15) is 4.79 Å². The van der Waals surface area contributed by atoms with E-state index in [4.69, 9.17) is 32.5 Å². The van der Waals surface area contributed by atoms with Crippen molar-refractivity contribution in [3.8, 4) is 11.3 Å². The van der Waals surface area contributed by atoms with Gasteiger partial charge in [0.15, 0.2) is 5.76 Å². The Labute approximate surface area is 173 Å². The predicted molar refractivity (Wildman–Crippen MR) is 107 cm³/mol. The maximum Gasteiger partial charge on any atom is 0.344 e. The van der Waals surface area contributed by atoms with Gasteiger partial charge in [0.05, 0.1) is 10.0 Å². The van der Waals surface area contributed by atoms with Crippen LogP contribution in [0.3, 0.4) is 0 Å². The zero-order valence-corrected chi connectivity index (χ0v) is 16.9. The number of benzene rings is 1. The SMILES string of the molecule is O=C(O[C@H]1CC2CC[C@@H](C1)N2)c1c(-c2c(Cl)cccc2Cl)noc1C1CCC1. The predicted octanol–water partition coefficient (Wildman–Crippen LogP) is 5.36. The van der Waals surface area contributed by atoms with E-state index in [-0.39, 0.29) is 18.0 Å². The third-order valence-electron chi connectivity index (χ3n) is 6.30. The Morgan fingerprint density at radius 1 is 1.11 bits per heavy atom. The molecule has 148 valence electrons. The highest BCUT2D eigenvalue weighted by molar-refractivity contribution is 6.39. The van der Waals surface area contributed by atoms with Gasteiger partial charge in [-0.25, -0.2) is 4.79 Å². The van der Waals surface area contributed by atoms with Gasteiger partial charge < -0.3 is 14.6 Å². The summed E-state index contributed by atoms with van der Waals surface area (Å²) in [4.78, 5) is 13.3. The first kappa shape index (κ1) is 18.5. The summed E-state index contributed by atoms with van der Waals surface area (Å²) in [7, 11) is 0. The fourth-order valence-electron chi connectivity index (χ4n) is 4.66. The maximum absolute atomic E-state index is 13.3. The fourth-order valence-corrected chi connectivity index (χ4v) is 5.23. The number of aromatic nitrogens is 1. The summed E-state index contributed by atoms with van der Waals surface area (Å²) in [5.74, 6) is 0.439. The molecular formula is C21H22Cl2N2O3. The number of nitrogens with zero attached hydrogens (tertiary/aromatic N) is 1. The molecule has 3 atom stereocenters. The number of halogens is 2. The number of nitrogens with one attached hydrogen (secondary N) is 1. The summed E-state index contributed by atoms with van der Waals surface area (Å²) in [6, 6.07) is 6.13. The number of hydrogen-bond donors (Lipinski definition) is 1. The lowest BCUT2D eigenvalue weighted by atomic mass is 9.81. The average Bonchev–Trinajstić information content (AvgIpc) is 3.17. The van der Waals surface area contributed by atoms with E-state index in [0.717, 1.165) is 44.9 Å². The molecule has 28 heavy (non-hydrogen) atoms. The van der Waals surface area contributed by atoms with Gasteiger partial charge >= 0.3 is 5.97 Å². The van der Waals surface area contributed by atoms with Crippen molar-refractivity contribution in [2.45, 2.75) is 69.1 Å². The third kappa shape index (κ3) is 3.23. The molecule has 2 aliphatic heterocycles. The van der Waals surface area contributed by atoms with Crippen LogP contribution in [-0.4, -0.2) is 29.3 Å². The van der Waals surface area contributed by atoms with Gasteiger partial charge in [-0.3, -0.25) is 0 Å². The van der Waals surface area contributed by atoms with Crippen LogP contribution in [0.1, 0.15) is 67.0 Å². The van der Waals surface area contributed by atoms with Crippen LogP contribution >= 0.6 is 23.2 Å². The summed E-state index contributed by atoms with van der Waals surface area (Å²) in [6.07, 6.45) is 7.04. The van der Waals surface area contributed by atoms with Crippen LogP contribution in [0.4, 0.5) is 0 Å². The summed E-state index contributed by atoms with van der Waals surface area (Å²) in [5.41, 5.74) is 1.31. The molecule has 0 amide bonds. The number of rotatable bonds is 4. The second-order valence-electron chi connectivity index (χ2n) is 8.13. The number of ether oxygens (including phenoxy) is 1. The van der Waals surface area contributed by atoms with E-state index in [1.54, 1.807) is 18.2 Å². The molecule has 1 aromatic carbocycles. The zero-order chi connectivity index (χ0) is 19.3. The van der Waals surface area contributed by atoms with E-state index in [2.05, 4.69) is 10.5 Å². The van der Waals surface area contributed by atoms with Crippen molar-refractivity contribution in [1.82, 2.24) is 10.5 Å². The van der Waals surface area contributed by atoms with Gasteiger partial charge in [-0.15, -0.1) is 0 Å². The minimum absolute atomic E-state index is 0.0787. The van der Waals surface area contributed by atoms with Gasteiger partial charge in [0, 0.05) is 23.6 Å². The molecule has 5 nitrogen and oxygen atoms in total. The van der Waals surface area contributed by atoms with E-state index in [0.29, 0.717) is 44.7 Å². The van der Waals surface area contributed by atoms with Crippen molar-refractivity contribution in [2.75, 3.05) is 0 Å². The number of esters is 1. The molecule has 1 aliphatic carbocycles. The van der Waals surface area contributed by atoms with E-state index in [1.165, 1.54) is 0 Å². The number of carbonyl (C=O) groups excluding carboxylic acids is 1. The van der Waals surface area contributed by atoms with Crippen molar-refractivity contribution < 1.29 is 14.1 Å². The van der Waals surface area contributed by atoms with Crippen molar-refractivity contribution in [1.29, 1.82) is 0 Å². The van der Waals surface area contributed by atoms with E-state index in [1.807, 2.05) is 0 Å². The molecule has 3 fully saturated rings. The Morgan fingerprint density at radius 3 is 2.39 bits per heavy atom. The first-order valence-corrected chi connectivity index (χ1v) is 10.8. The lowest BCUT2D eigenvalue weighted by molar-refractivity contribution is 0.0174. The fraction of sp³-hybridized carbons (Fsp3) is 0.524. The van der Waals surface area contributed by atoms with Crippen molar-refractivity contribution in [2.24, 2.45) is 0 Å². The highest BCUT2D eigenvalue weighted by atomic mass is 35.5. The average molecular weight is 421 g/mol. The van der Waals surface area contributed by atoms with Crippen molar-refractivity contribution >= 4 is 29.2 Å². The van der Waals surface area contributed by atoms with Crippen LogP contribution in [0.25, 0.3) is 11.3 Å². The van der Waals surface area contributed by atoms with E-state index >= 15 is 0 Å². The smallest absolute Gasteiger partial charge is 0.344 e. The van der Waals surface area contributed by atoms with Crippen LogP contribution in [0, 0.1) is 0 Å². The Morgan fingerprint density at radius 2 is 1.79 bits per heavy atom. The lowest BCUT2D eigenvalue weighted by Gasteiger charge is -2.29. The Balaban J connectivity index is 1.49. The van der Waals surface area contributed by atoms with Crippen LogP contribution in [0.2, 0.25) is 10.0 Å². The van der Waals surface area contributed by atoms with Gasteiger partial charge in [-0.2, -0.15) is 0 Å². The van der Waals surface area contributed by atoms with Crippen LogP contribution in [0.5, 0.6) is 0 Å². The topological polar surface area (TPSA) is 64.4 Å². The number of hydrogen-bond acceptors (Lipinski definition) is 5. The minimum Gasteiger partial charge on any atom is -0.459 e. The molecule has 2 bridgehead atoms. The monoisotopic (exact) mass is 420 g/mol. The quantitative estimate of drug-likeness (QED) is 0.674. The molecule has 1 unspecified atom stereocenters. The van der Waals surface area contributed by atoms with E-state index < -0.39 is 0 Å². The number of carbonyl (C=O) groups is 1. The van der Waals surface area contributed by atoms with Crippen LogP contribution in [-0.2, 0) is 4.74 Å². The molecule has 1 N–H and O–H groups in total. The summed E-state index contributed by atoms with van der Waals surface area (Å²) in [5, 5.41) is 8.66. The first-order valence-electron chi connectivity index (χ1n) is 10.0. The molecule has 1 aromatic heterocycles. The van der Waals surface area contributed by atoms with Crippen LogP contribution in [0.15, 0.2) is 22.7 Å². The molecule has 2 aromatic rings. The summed E-state index contributed by atoms with van der Waals surface area (Å²) >= 11 is 12.8. The van der Waals surface area contributed by atoms with Crippen molar-refractivity contribution in [3.63, 3.8) is 0 Å². The molecular weight excluding hydrogens is 399 g/mol. The summed E-state index contributed by atoms with van der Waals surface area (Å²) in [6.45, 7) is 0. The van der Waals surface area contributed by atoms with Gasteiger partial charge in [0.1, 0.15) is 17.4 Å². The molecule has 0 radical (unpaired) electrons. The standard InChI is InChI=1S/C21H22Cl2N2O3/c22-15-5-2-6-16(23)17(15)19-18(20(28-25-19)11-3-1-4-11)21(26)27-14-9-12-7-8-13(10-14)24-12/h2,5-6,11-14,24H,1,3-4,7-10H2/t12-,13?,14+/m0/s1. The molecule has 1 saturated carbocycles. The molecule has 2 saturated heterocycles. The van der Waals surface area contributed by atoms with Gasteiger partial charge in [-0.05, 0) is 50.7 Å². The van der Waals surface area contributed by atoms with Crippen molar-refractivity contribution in [3.05, 3.63) is 39.6 Å². The Bertz CT molecular complexity index is 877. The van der Waals surface area contributed by atoms with Gasteiger partial charge in [-0.1, -0.05) is 40.8 Å². The largest absolute Gasteiger partial charge is 0.459 e. The van der Waals surface area contributed by atoms with Gasteiger partial charge in [0.2, 0.25) is 0 Å². The highest BCUT2D eigenvalue weighted by Gasteiger charge is 2.38. The second-order valence-corrected chi connectivity index (χ2v) is 8.95. The first-order chi connectivity index (χ1) is 13.6. The summed E-state index contributed by atoms with van der Waals surface area (Å²) < 4.78 is 11.6. The number of fused-ring (bicyclic) bond motifs is 2. The number of piperidine rings is 1. The lowest BCUT2D eigenvalue weighted by Crippen LogP contribution is -2.42. The Hall–Kier alpha value is -1.56. The third-order valence-corrected chi connectivity index (χ3v) is 6.93. The molecule has 0 spiro atoms. The minimum atomic E-state index is -0.375. The normalized spacial score (nSPS) is 26.9. The Kier molecular flexibility index (Phi) is 4.85. The maximum atomic E-state index is 13.3. The molecule has 3 heterocycles. The molecule has 5 rings (SSSR count).